The zero-order valence-electron chi connectivity index (χ0n) is 11.4. The summed E-state index contributed by atoms with van der Waals surface area (Å²) in [4.78, 5) is 0. The van der Waals surface area contributed by atoms with E-state index in [9.17, 15) is 13.2 Å². The molecule has 0 aromatic carbocycles. The minimum absolute atomic E-state index is 0.138. The molecule has 0 atom stereocenters. The van der Waals surface area contributed by atoms with Gasteiger partial charge in [-0.25, -0.2) is 0 Å². The van der Waals surface area contributed by atoms with E-state index in [1.807, 2.05) is 6.20 Å². The maximum Gasteiger partial charge on any atom is 0.391 e. The van der Waals surface area contributed by atoms with E-state index < -0.39 is 12.1 Å². The standard InChI is InChI=1S/C14H18F3N3/c1-20-9-10(6-13(20)7-18)8-19-12-4-2-11(3-5-12)14(15,16)17/h6,9,11-12,19H,2-5,8H2,1H3. The van der Waals surface area contributed by atoms with Crippen LogP contribution in [0.5, 0.6) is 0 Å². The largest absolute Gasteiger partial charge is 0.391 e. The van der Waals surface area contributed by atoms with Crippen molar-refractivity contribution in [2.45, 2.75) is 44.4 Å². The summed E-state index contributed by atoms with van der Waals surface area (Å²) in [7, 11) is 1.80. The van der Waals surface area contributed by atoms with Crippen LogP contribution >= 0.6 is 0 Å². The summed E-state index contributed by atoms with van der Waals surface area (Å²) >= 11 is 0. The molecule has 0 aliphatic heterocycles. The maximum absolute atomic E-state index is 12.6. The van der Waals surface area contributed by atoms with Gasteiger partial charge >= 0.3 is 6.18 Å². The first-order valence-corrected chi connectivity index (χ1v) is 6.75. The van der Waals surface area contributed by atoms with Crippen LogP contribution in [0.15, 0.2) is 12.3 Å². The highest BCUT2D eigenvalue weighted by molar-refractivity contribution is 5.28. The van der Waals surface area contributed by atoms with Crippen LogP contribution in [0.25, 0.3) is 0 Å². The van der Waals surface area contributed by atoms with E-state index >= 15 is 0 Å². The molecule has 0 unspecified atom stereocenters. The number of aromatic nitrogens is 1. The van der Waals surface area contributed by atoms with E-state index in [2.05, 4.69) is 11.4 Å². The SMILES string of the molecule is Cn1cc(CNC2CCC(C(F)(F)F)CC2)cc1C#N. The zero-order valence-corrected chi connectivity index (χ0v) is 11.4. The first-order valence-electron chi connectivity index (χ1n) is 6.75. The van der Waals surface area contributed by atoms with Gasteiger partial charge in [0, 0.05) is 25.8 Å². The van der Waals surface area contributed by atoms with Crippen LogP contribution in [0.1, 0.15) is 36.9 Å². The number of halogens is 3. The van der Waals surface area contributed by atoms with Gasteiger partial charge in [-0.2, -0.15) is 18.4 Å². The molecule has 110 valence electrons. The fraction of sp³-hybridized carbons (Fsp3) is 0.643. The average molecular weight is 285 g/mol. The van der Waals surface area contributed by atoms with Crippen molar-refractivity contribution in [2.75, 3.05) is 0 Å². The molecule has 0 radical (unpaired) electrons. The van der Waals surface area contributed by atoms with Crippen LogP contribution in [0.3, 0.4) is 0 Å². The highest BCUT2D eigenvalue weighted by Gasteiger charge is 2.41. The van der Waals surface area contributed by atoms with E-state index in [1.165, 1.54) is 0 Å². The molecule has 1 aliphatic carbocycles. The van der Waals surface area contributed by atoms with E-state index in [0.717, 1.165) is 5.56 Å². The Hall–Kier alpha value is -1.48. The lowest BCUT2D eigenvalue weighted by Gasteiger charge is -2.30. The normalized spacial score (nSPS) is 23.6. The quantitative estimate of drug-likeness (QED) is 0.927. The van der Waals surface area contributed by atoms with Crippen molar-refractivity contribution >= 4 is 0 Å². The van der Waals surface area contributed by atoms with Crippen molar-refractivity contribution < 1.29 is 13.2 Å². The first kappa shape index (κ1) is 14.9. The third kappa shape index (κ3) is 3.54. The number of nitrogens with zero attached hydrogens (tertiary/aromatic N) is 2. The van der Waals surface area contributed by atoms with Crippen LogP contribution in [0.2, 0.25) is 0 Å². The van der Waals surface area contributed by atoms with E-state index in [0.29, 0.717) is 25.1 Å². The lowest BCUT2D eigenvalue weighted by Crippen LogP contribution is -2.36. The van der Waals surface area contributed by atoms with Crippen molar-refractivity contribution in [3.63, 3.8) is 0 Å². The monoisotopic (exact) mass is 285 g/mol. The van der Waals surface area contributed by atoms with E-state index in [-0.39, 0.29) is 18.9 Å². The molecule has 1 heterocycles. The minimum Gasteiger partial charge on any atom is -0.342 e. The van der Waals surface area contributed by atoms with Crippen LogP contribution in [0, 0.1) is 17.2 Å². The van der Waals surface area contributed by atoms with Crippen molar-refractivity contribution in [3.05, 3.63) is 23.5 Å². The van der Waals surface area contributed by atoms with Crippen molar-refractivity contribution in [2.24, 2.45) is 13.0 Å². The van der Waals surface area contributed by atoms with Crippen LogP contribution < -0.4 is 5.32 Å². The fourth-order valence-corrected chi connectivity index (χ4v) is 2.73. The number of alkyl halides is 3. The second-order valence-corrected chi connectivity index (χ2v) is 5.43. The molecule has 20 heavy (non-hydrogen) atoms. The van der Waals surface area contributed by atoms with Crippen molar-refractivity contribution in [1.29, 1.82) is 5.26 Å². The lowest BCUT2D eigenvalue weighted by molar-refractivity contribution is -0.182. The van der Waals surface area contributed by atoms with Gasteiger partial charge < -0.3 is 9.88 Å². The summed E-state index contributed by atoms with van der Waals surface area (Å²) in [6, 6.07) is 4.02. The van der Waals surface area contributed by atoms with Gasteiger partial charge in [-0.1, -0.05) is 0 Å². The Morgan fingerprint density at radius 1 is 1.35 bits per heavy atom. The Kier molecular flexibility index (Phi) is 4.39. The number of hydrogen-bond donors (Lipinski definition) is 1. The molecule has 2 rings (SSSR count). The Morgan fingerprint density at radius 2 is 2.00 bits per heavy atom. The molecule has 1 aliphatic rings. The Bertz CT molecular complexity index is 491. The van der Waals surface area contributed by atoms with Gasteiger partial charge in [0.15, 0.2) is 0 Å². The number of rotatable bonds is 3. The summed E-state index contributed by atoms with van der Waals surface area (Å²) in [6.45, 7) is 0.594. The van der Waals surface area contributed by atoms with Crippen molar-refractivity contribution in [3.8, 4) is 6.07 Å². The predicted octanol–water partition coefficient (Wildman–Crippen LogP) is 3.11. The second kappa shape index (κ2) is 5.88. The molecule has 0 spiro atoms. The molecule has 0 saturated heterocycles. The Balaban J connectivity index is 1.80. The van der Waals surface area contributed by atoms with Gasteiger partial charge in [-0.15, -0.1) is 0 Å². The smallest absolute Gasteiger partial charge is 0.342 e. The van der Waals surface area contributed by atoms with Gasteiger partial charge in [0.25, 0.3) is 0 Å². The molecule has 3 nitrogen and oxygen atoms in total. The fourth-order valence-electron chi connectivity index (χ4n) is 2.73. The number of aryl methyl sites for hydroxylation is 1. The lowest BCUT2D eigenvalue weighted by atomic mass is 9.85. The summed E-state index contributed by atoms with van der Waals surface area (Å²) in [6.07, 6.45) is -0.651. The molecule has 6 heteroatoms. The van der Waals surface area contributed by atoms with E-state index in [4.69, 9.17) is 5.26 Å². The molecule has 1 aromatic heterocycles. The molecule has 1 N–H and O–H groups in total. The summed E-state index contributed by atoms with van der Waals surface area (Å²) in [5.74, 6) is -1.14. The summed E-state index contributed by atoms with van der Waals surface area (Å²) < 4.78 is 39.4. The van der Waals surface area contributed by atoms with Gasteiger partial charge in [0.1, 0.15) is 11.8 Å². The molecular formula is C14H18F3N3. The number of nitriles is 1. The average Bonchev–Trinajstić information content (AvgIpc) is 2.76. The second-order valence-electron chi connectivity index (χ2n) is 5.43. The predicted molar refractivity (Wildman–Crippen MR) is 68.8 cm³/mol. The van der Waals surface area contributed by atoms with Gasteiger partial charge in [0.05, 0.1) is 5.92 Å². The topological polar surface area (TPSA) is 40.8 Å². The molecule has 1 aromatic rings. The van der Waals surface area contributed by atoms with Gasteiger partial charge in [0.2, 0.25) is 0 Å². The molecule has 0 amide bonds. The van der Waals surface area contributed by atoms with Crippen LogP contribution in [-0.4, -0.2) is 16.8 Å². The van der Waals surface area contributed by atoms with E-state index in [1.54, 1.807) is 17.7 Å². The molecular weight excluding hydrogens is 267 g/mol. The van der Waals surface area contributed by atoms with Gasteiger partial charge in [-0.05, 0) is 37.3 Å². The maximum atomic E-state index is 12.6. The third-order valence-corrected chi connectivity index (χ3v) is 3.96. The molecule has 0 bridgehead atoms. The highest BCUT2D eigenvalue weighted by atomic mass is 19.4. The molecule has 1 saturated carbocycles. The summed E-state index contributed by atoms with van der Waals surface area (Å²) in [5.41, 5.74) is 1.57. The van der Waals surface area contributed by atoms with Crippen molar-refractivity contribution in [1.82, 2.24) is 9.88 Å². The minimum atomic E-state index is -4.05. The number of hydrogen-bond acceptors (Lipinski definition) is 2. The Morgan fingerprint density at radius 3 is 2.50 bits per heavy atom. The van der Waals surface area contributed by atoms with Crippen LogP contribution in [0.4, 0.5) is 13.2 Å². The zero-order chi connectivity index (χ0) is 14.8. The third-order valence-electron chi connectivity index (χ3n) is 3.96. The summed E-state index contributed by atoms with van der Waals surface area (Å²) in [5, 5.41) is 12.1. The van der Waals surface area contributed by atoms with Crippen LogP contribution in [-0.2, 0) is 13.6 Å². The molecule has 1 fully saturated rings. The Labute approximate surface area is 116 Å². The highest BCUT2D eigenvalue weighted by Crippen LogP contribution is 2.37. The number of nitrogens with one attached hydrogen (secondary N) is 1. The van der Waals surface area contributed by atoms with Gasteiger partial charge in [-0.3, -0.25) is 0 Å². The first-order chi connectivity index (χ1) is 9.40.